The maximum absolute atomic E-state index is 13.0. The van der Waals surface area contributed by atoms with Crippen molar-refractivity contribution in [3.8, 4) is 0 Å². The van der Waals surface area contributed by atoms with Gasteiger partial charge in [-0.15, -0.1) is 0 Å². The van der Waals surface area contributed by atoms with E-state index in [-0.39, 0.29) is 4.90 Å². The van der Waals surface area contributed by atoms with E-state index < -0.39 is 15.8 Å². The molecular formula is C15H17FN2O2S. The van der Waals surface area contributed by atoms with Crippen molar-refractivity contribution >= 4 is 10.0 Å². The molecule has 0 aliphatic rings. The minimum absolute atomic E-state index is 0.113. The van der Waals surface area contributed by atoms with E-state index in [2.05, 4.69) is 9.71 Å². The first-order valence-corrected chi connectivity index (χ1v) is 8.13. The van der Waals surface area contributed by atoms with Crippen LogP contribution < -0.4 is 4.72 Å². The molecule has 0 aliphatic carbocycles. The molecule has 112 valence electrons. The van der Waals surface area contributed by atoms with E-state index in [1.807, 2.05) is 18.2 Å². The van der Waals surface area contributed by atoms with Gasteiger partial charge in [0.05, 0.1) is 4.90 Å². The first-order chi connectivity index (χ1) is 9.99. The number of hydrogen-bond acceptors (Lipinski definition) is 3. The molecule has 0 bridgehead atoms. The largest absolute Gasteiger partial charge is 0.261 e. The predicted molar refractivity (Wildman–Crippen MR) is 78.9 cm³/mol. The number of pyridine rings is 1. The fourth-order valence-electron chi connectivity index (χ4n) is 2.01. The molecule has 0 radical (unpaired) electrons. The Hall–Kier alpha value is -1.79. The number of nitrogens with one attached hydrogen (secondary N) is 1. The highest BCUT2D eigenvalue weighted by Crippen LogP contribution is 2.15. The molecule has 0 unspecified atom stereocenters. The summed E-state index contributed by atoms with van der Waals surface area (Å²) in [6, 6.07) is 9.28. The normalized spacial score (nSPS) is 11.5. The number of hydrogen-bond donors (Lipinski definition) is 1. The molecule has 4 nitrogen and oxygen atoms in total. The second-order valence-corrected chi connectivity index (χ2v) is 6.47. The lowest BCUT2D eigenvalue weighted by molar-refractivity contribution is 0.577. The van der Waals surface area contributed by atoms with E-state index in [9.17, 15) is 12.8 Å². The van der Waals surface area contributed by atoms with Crippen LogP contribution in [-0.2, 0) is 16.4 Å². The first-order valence-electron chi connectivity index (χ1n) is 6.65. The lowest BCUT2D eigenvalue weighted by Gasteiger charge is -2.09. The van der Waals surface area contributed by atoms with Gasteiger partial charge in [0.25, 0.3) is 0 Å². The molecule has 0 amide bonds. The Bertz CT molecular complexity index is 703. The van der Waals surface area contributed by atoms with Crippen LogP contribution in [0.25, 0.3) is 0 Å². The fraction of sp³-hybridized carbons (Fsp3) is 0.267. The maximum Gasteiger partial charge on any atom is 0.240 e. The topological polar surface area (TPSA) is 59.1 Å². The summed E-state index contributed by atoms with van der Waals surface area (Å²) in [7, 11) is -3.60. The van der Waals surface area contributed by atoms with Gasteiger partial charge in [0.1, 0.15) is 5.82 Å². The summed E-state index contributed by atoms with van der Waals surface area (Å²) in [5, 5.41) is 0. The van der Waals surface area contributed by atoms with Crippen LogP contribution in [0.15, 0.2) is 47.5 Å². The number of halogens is 1. The number of aromatic nitrogens is 1. The third kappa shape index (κ3) is 4.34. The van der Waals surface area contributed by atoms with Gasteiger partial charge in [-0.25, -0.2) is 17.5 Å². The Morgan fingerprint density at radius 3 is 2.71 bits per heavy atom. The molecule has 0 spiro atoms. The van der Waals surface area contributed by atoms with Crippen LogP contribution in [0, 0.1) is 12.7 Å². The molecule has 2 aromatic rings. The molecule has 0 aliphatic heterocycles. The average molecular weight is 308 g/mol. The van der Waals surface area contributed by atoms with Crippen LogP contribution in [0.5, 0.6) is 0 Å². The van der Waals surface area contributed by atoms with E-state index in [0.717, 1.165) is 11.8 Å². The molecule has 0 saturated carbocycles. The molecule has 0 fully saturated rings. The van der Waals surface area contributed by atoms with Crippen molar-refractivity contribution in [1.29, 1.82) is 0 Å². The quantitative estimate of drug-likeness (QED) is 0.834. The molecule has 21 heavy (non-hydrogen) atoms. The van der Waals surface area contributed by atoms with Gasteiger partial charge in [0, 0.05) is 18.4 Å². The summed E-state index contributed by atoms with van der Waals surface area (Å²) in [5.74, 6) is -0.443. The zero-order valence-corrected chi connectivity index (χ0v) is 12.5. The zero-order valence-electron chi connectivity index (χ0n) is 11.7. The highest BCUT2D eigenvalue weighted by molar-refractivity contribution is 7.89. The van der Waals surface area contributed by atoms with Crippen LogP contribution in [0.1, 0.15) is 17.7 Å². The summed E-state index contributed by atoms with van der Waals surface area (Å²) in [6.45, 7) is 1.89. The minimum Gasteiger partial charge on any atom is -0.261 e. The summed E-state index contributed by atoms with van der Waals surface area (Å²) in [5.41, 5.74) is 1.32. The van der Waals surface area contributed by atoms with E-state index >= 15 is 0 Å². The van der Waals surface area contributed by atoms with Crippen molar-refractivity contribution in [1.82, 2.24) is 9.71 Å². The van der Waals surface area contributed by atoms with Crippen molar-refractivity contribution in [3.63, 3.8) is 0 Å². The number of sulfonamides is 1. The van der Waals surface area contributed by atoms with Gasteiger partial charge in [-0.05, 0) is 55.7 Å². The first kappa shape index (κ1) is 15.6. The Balaban J connectivity index is 1.92. The van der Waals surface area contributed by atoms with Gasteiger partial charge in [0.2, 0.25) is 10.0 Å². The van der Waals surface area contributed by atoms with E-state index in [1.165, 1.54) is 12.1 Å². The highest BCUT2D eigenvalue weighted by Gasteiger charge is 2.16. The zero-order chi connectivity index (χ0) is 15.3. The summed E-state index contributed by atoms with van der Waals surface area (Å²) >= 11 is 0. The molecular weight excluding hydrogens is 291 g/mol. The van der Waals surface area contributed by atoms with Crippen molar-refractivity contribution < 1.29 is 12.8 Å². The van der Waals surface area contributed by atoms with Gasteiger partial charge in [-0.1, -0.05) is 6.07 Å². The Kier molecular flexibility index (Phi) is 5.03. The smallest absolute Gasteiger partial charge is 0.240 e. The number of aryl methyl sites for hydroxylation is 2. The van der Waals surface area contributed by atoms with Crippen molar-refractivity contribution in [2.24, 2.45) is 0 Å². The molecule has 1 heterocycles. The second kappa shape index (κ2) is 6.78. The van der Waals surface area contributed by atoms with Gasteiger partial charge < -0.3 is 0 Å². The molecule has 1 aromatic heterocycles. The third-order valence-electron chi connectivity index (χ3n) is 3.05. The Morgan fingerprint density at radius 1 is 1.24 bits per heavy atom. The van der Waals surface area contributed by atoms with Crippen LogP contribution in [0.3, 0.4) is 0 Å². The summed E-state index contributed by atoms with van der Waals surface area (Å²) < 4.78 is 39.8. The van der Waals surface area contributed by atoms with Gasteiger partial charge in [-0.2, -0.15) is 0 Å². The summed E-state index contributed by atoms with van der Waals surface area (Å²) in [6.07, 6.45) is 3.06. The Labute approximate surface area is 124 Å². The van der Waals surface area contributed by atoms with Gasteiger partial charge in [-0.3, -0.25) is 4.98 Å². The van der Waals surface area contributed by atoms with Crippen LogP contribution >= 0.6 is 0 Å². The number of benzene rings is 1. The second-order valence-electron chi connectivity index (χ2n) is 4.73. The highest BCUT2D eigenvalue weighted by atomic mass is 32.2. The van der Waals surface area contributed by atoms with E-state index in [0.29, 0.717) is 24.9 Å². The van der Waals surface area contributed by atoms with Crippen molar-refractivity contribution in [2.75, 3.05) is 6.54 Å². The molecule has 2 rings (SSSR count). The Morgan fingerprint density at radius 2 is 2.05 bits per heavy atom. The fourth-order valence-corrected chi connectivity index (χ4v) is 3.31. The molecule has 0 atom stereocenters. The third-order valence-corrected chi connectivity index (χ3v) is 4.68. The minimum atomic E-state index is -3.60. The maximum atomic E-state index is 13.0. The molecule has 1 aromatic carbocycles. The van der Waals surface area contributed by atoms with Crippen LogP contribution in [-0.4, -0.2) is 19.9 Å². The molecule has 1 N–H and O–H groups in total. The standard InChI is InChI=1S/C15H17FN2O2S/c1-12-11-13(16)7-8-15(12)21(19,20)18-10-4-6-14-5-2-3-9-17-14/h2-3,5,7-9,11,18H,4,6,10H2,1H3. The monoisotopic (exact) mass is 308 g/mol. The van der Waals surface area contributed by atoms with Gasteiger partial charge >= 0.3 is 0 Å². The van der Waals surface area contributed by atoms with Crippen molar-refractivity contribution in [2.45, 2.75) is 24.7 Å². The van der Waals surface area contributed by atoms with E-state index in [4.69, 9.17) is 0 Å². The van der Waals surface area contributed by atoms with Crippen LogP contribution in [0.4, 0.5) is 4.39 Å². The molecule has 0 saturated heterocycles. The SMILES string of the molecule is Cc1cc(F)ccc1S(=O)(=O)NCCCc1ccccn1. The molecule has 6 heteroatoms. The van der Waals surface area contributed by atoms with Gasteiger partial charge in [0.15, 0.2) is 0 Å². The number of rotatable bonds is 6. The van der Waals surface area contributed by atoms with Crippen LogP contribution in [0.2, 0.25) is 0 Å². The predicted octanol–water partition coefficient (Wildman–Crippen LogP) is 2.44. The summed E-state index contributed by atoms with van der Waals surface area (Å²) in [4.78, 5) is 4.29. The lowest BCUT2D eigenvalue weighted by atomic mass is 10.2. The van der Waals surface area contributed by atoms with E-state index in [1.54, 1.807) is 13.1 Å². The average Bonchev–Trinajstić information content (AvgIpc) is 2.44. The number of nitrogens with zero attached hydrogens (tertiary/aromatic N) is 1. The van der Waals surface area contributed by atoms with Crippen molar-refractivity contribution in [3.05, 3.63) is 59.7 Å². The lowest BCUT2D eigenvalue weighted by Crippen LogP contribution is -2.25.